The molecule has 0 aromatic heterocycles. The Kier molecular flexibility index (Phi) is 3.29. The molecule has 3 aliphatic heterocycles. The molecule has 0 amide bonds. The number of hydrogen-bond acceptors (Lipinski definition) is 5. The molecule has 1 aromatic rings. The minimum Gasteiger partial charge on any atom is -0.495 e. The van der Waals surface area contributed by atoms with Gasteiger partial charge in [0.15, 0.2) is 0 Å². The van der Waals surface area contributed by atoms with E-state index in [9.17, 15) is 4.79 Å². The van der Waals surface area contributed by atoms with Crippen molar-refractivity contribution in [1.29, 1.82) is 0 Å². The van der Waals surface area contributed by atoms with Crippen molar-refractivity contribution in [3.8, 4) is 5.75 Å². The Labute approximate surface area is 153 Å². The van der Waals surface area contributed by atoms with Crippen LogP contribution in [0.5, 0.6) is 5.75 Å². The van der Waals surface area contributed by atoms with E-state index in [0.717, 1.165) is 48.6 Å². The number of hydrogen-bond donors (Lipinski definition) is 1. The topological polar surface area (TPSA) is 50.8 Å². The number of rotatable bonds is 2. The predicted octanol–water partition coefficient (Wildman–Crippen LogP) is 2.84. The molecule has 26 heavy (non-hydrogen) atoms. The third-order valence-electron chi connectivity index (χ3n) is 6.91. The first-order valence-electron chi connectivity index (χ1n) is 9.32. The van der Waals surface area contributed by atoms with Crippen molar-refractivity contribution in [2.75, 3.05) is 32.6 Å². The summed E-state index contributed by atoms with van der Waals surface area (Å²) < 4.78 is 10.8. The summed E-state index contributed by atoms with van der Waals surface area (Å²) in [5, 5.41) is 3.61. The van der Waals surface area contributed by atoms with Crippen LogP contribution in [0.15, 0.2) is 41.1 Å². The van der Waals surface area contributed by atoms with Crippen LogP contribution in [-0.4, -0.2) is 44.2 Å². The van der Waals surface area contributed by atoms with E-state index in [1.165, 1.54) is 18.2 Å². The molecular weight excluding hydrogens is 328 g/mol. The monoisotopic (exact) mass is 352 g/mol. The summed E-state index contributed by atoms with van der Waals surface area (Å²) in [7, 11) is 3.18. The first kappa shape index (κ1) is 15.9. The number of ether oxygens (including phenoxy) is 2. The highest BCUT2D eigenvalue weighted by Gasteiger charge is 2.62. The minimum atomic E-state index is -0.207. The SMILES string of the molecule is CC=C1CN2CCC34C(=C(C(=O)OC)C1CC23)Nc1c(OC)cccc14. The Morgan fingerprint density at radius 1 is 1.38 bits per heavy atom. The van der Waals surface area contributed by atoms with Gasteiger partial charge in [-0.05, 0) is 31.4 Å². The third-order valence-corrected chi connectivity index (χ3v) is 6.91. The Morgan fingerprint density at radius 3 is 2.96 bits per heavy atom. The number of para-hydroxylation sites is 1. The molecule has 3 unspecified atom stereocenters. The lowest BCUT2D eigenvalue weighted by atomic mass is 9.62. The van der Waals surface area contributed by atoms with Gasteiger partial charge in [0.25, 0.3) is 0 Å². The first-order valence-corrected chi connectivity index (χ1v) is 9.32. The highest BCUT2D eigenvalue weighted by atomic mass is 16.5. The number of benzene rings is 1. The number of nitrogens with one attached hydrogen (secondary N) is 1. The van der Waals surface area contributed by atoms with Gasteiger partial charge in [0, 0.05) is 30.7 Å². The molecule has 4 aliphatic rings. The van der Waals surface area contributed by atoms with Crippen molar-refractivity contribution in [1.82, 2.24) is 4.90 Å². The number of anilines is 1. The summed E-state index contributed by atoms with van der Waals surface area (Å²) in [6.07, 6.45) is 4.18. The van der Waals surface area contributed by atoms with Gasteiger partial charge in [-0.25, -0.2) is 4.79 Å². The van der Waals surface area contributed by atoms with E-state index in [1.54, 1.807) is 7.11 Å². The van der Waals surface area contributed by atoms with Gasteiger partial charge in [0.2, 0.25) is 0 Å². The molecule has 1 N–H and O–H groups in total. The van der Waals surface area contributed by atoms with Crippen molar-refractivity contribution >= 4 is 11.7 Å². The van der Waals surface area contributed by atoms with Crippen molar-refractivity contribution in [2.24, 2.45) is 5.92 Å². The molecule has 136 valence electrons. The highest BCUT2D eigenvalue weighted by molar-refractivity contribution is 5.94. The van der Waals surface area contributed by atoms with Gasteiger partial charge in [-0.2, -0.15) is 0 Å². The third kappa shape index (κ3) is 1.72. The molecule has 2 saturated heterocycles. The van der Waals surface area contributed by atoms with Gasteiger partial charge in [0.1, 0.15) is 5.75 Å². The van der Waals surface area contributed by atoms with E-state index in [-0.39, 0.29) is 17.3 Å². The lowest BCUT2D eigenvalue weighted by Gasteiger charge is -2.48. The number of carbonyl (C=O) groups is 1. The van der Waals surface area contributed by atoms with Crippen LogP contribution in [0.4, 0.5) is 5.69 Å². The molecule has 5 heteroatoms. The molecule has 2 bridgehead atoms. The smallest absolute Gasteiger partial charge is 0.336 e. The average Bonchev–Trinajstić information content (AvgIpc) is 3.23. The summed E-state index contributed by atoms with van der Waals surface area (Å²) >= 11 is 0. The van der Waals surface area contributed by atoms with Gasteiger partial charge < -0.3 is 14.8 Å². The largest absolute Gasteiger partial charge is 0.495 e. The van der Waals surface area contributed by atoms with Gasteiger partial charge in [0.05, 0.1) is 30.9 Å². The van der Waals surface area contributed by atoms with Crippen LogP contribution in [0.1, 0.15) is 25.3 Å². The van der Waals surface area contributed by atoms with Crippen molar-refractivity contribution in [2.45, 2.75) is 31.2 Å². The maximum atomic E-state index is 12.9. The van der Waals surface area contributed by atoms with E-state index in [1.807, 2.05) is 6.07 Å². The number of esters is 1. The maximum absolute atomic E-state index is 12.9. The van der Waals surface area contributed by atoms with E-state index in [2.05, 4.69) is 35.3 Å². The van der Waals surface area contributed by atoms with Crippen molar-refractivity contribution in [3.63, 3.8) is 0 Å². The molecular formula is C21H24N2O3. The zero-order valence-corrected chi connectivity index (χ0v) is 15.5. The summed E-state index contributed by atoms with van der Waals surface area (Å²) in [6, 6.07) is 6.65. The lowest BCUT2D eigenvalue weighted by Crippen LogP contribution is -2.53. The molecule has 1 spiro atoms. The summed E-state index contributed by atoms with van der Waals surface area (Å²) in [5.41, 5.74) is 5.33. The number of piperidine rings is 1. The molecule has 1 aromatic carbocycles. The van der Waals surface area contributed by atoms with E-state index < -0.39 is 0 Å². The summed E-state index contributed by atoms with van der Waals surface area (Å²) in [5.74, 6) is 0.770. The number of allylic oxidation sites excluding steroid dienone is 1. The fourth-order valence-corrected chi connectivity index (χ4v) is 5.82. The van der Waals surface area contributed by atoms with Gasteiger partial charge >= 0.3 is 5.97 Å². The van der Waals surface area contributed by atoms with Crippen LogP contribution >= 0.6 is 0 Å². The Morgan fingerprint density at radius 2 is 2.23 bits per heavy atom. The fourth-order valence-electron chi connectivity index (χ4n) is 5.82. The molecule has 3 heterocycles. The van der Waals surface area contributed by atoms with E-state index in [4.69, 9.17) is 9.47 Å². The molecule has 3 atom stereocenters. The van der Waals surface area contributed by atoms with Gasteiger partial charge in [-0.15, -0.1) is 0 Å². The number of methoxy groups -OCH3 is 2. The molecule has 2 fully saturated rings. The Balaban J connectivity index is 1.82. The van der Waals surface area contributed by atoms with Crippen LogP contribution in [0, 0.1) is 5.92 Å². The Bertz CT molecular complexity index is 872. The molecule has 0 saturated carbocycles. The van der Waals surface area contributed by atoms with Crippen LogP contribution in [0.3, 0.4) is 0 Å². The lowest BCUT2D eigenvalue weighted by molar-refractivity contribution is -0.137. The quantitative estimate of drug-likeness (QED) is 0.655. The van der Waals surface area contributed by atoms with Gasteiger partial charge in [-0.3, -0.25) is 4.90 Å². The molecule has 5 nitrogen and oxygen atoms in total. The average molecular weight is 352 g/mol. The van der Waals surface area contributed by atoms with Gasteiger partial charge in [-0.1, -0.05) is 23.8 Å². The second-order valence-electron chi connectivity index (χ2n) is 7.65. The van der Waals surface area contributed by atoms with E-state index >= 15 is 0 Å². The van der Waals surface area contributed by atoms with E-state index in [0.29, 0.717) is 6.04 Å². The summed E-state index contributed by atoms with van der Waals surface area (Å²) in [4.78, 5) is 15.4. The van der Waals surface area contributed by atoms with Crippen LogP contribution < -0.4 is 10.1 Å². The first-order chi connectivity index (χ1) is 12.7. The maximum Gasteiger partial charge on any atom is 0.336 e. The molecule has 0 radical (unpaired) electrons. The van der Waals surface area contributed by atoms with Crippen LogP contribution in [-0.2, 0) is 14.9 Å². The Hall–Kier alpha value is -2.27. The number of fused-ring (bicyclic) bond motifs is 2. The summed E-state index contributed by atoms with van der Waals surface area (Å²) in [6.45, 7) is 4.07. The second-order valence-corrected chi connectivity index (χ2v) is 7.65. The second kappa shape index (κ2) is 5.36. The normalized spacial score (nSPS) is 33.0. The predicted molar refractivity (Wildman–Crippen MR) is 99.2 cm³/mol. The highest BCUT2D eigenvalue weighted by Crippen LogP contribution is 2.62. The molecule has 1 aliphatic carbocycles. The fraction of sp³-hybridized carbons (Fsp3) is 0.476. The van der Waals surface area contributed by atoms with Crippen molar-refractivity contribution in [3.05, 3.63) is 46.7 Å². The molecule has 5 rings (SSSR count). The zero-order chi connectivity index (χ0) is 18.1. The minimum absolute atomic E-state index is 0.141. The zero-order valence-electron chi connectivity index (χ0n) is 15.5. The standard InChI is InChI=1S/C21H24N2O3/c1-4-12-11-23-9-8-21-14-6-5-7-15(25-2)18(14)22-19(21)17(20(24)26-3)13(12)10-16(21)23/h4-7,13,16,22H,8-11H2,1-3H3. The van der Waals surface area contributed by atoms with Crippen molar-refractivity contribution < 1.29 is 14.3 Å². The number of nitrogens with zero attached hydrogens (tertiary/aromatic N) is 1. The van der Waals surface area contributed by atoms with Crippen LogP contribution in [0.25, 0.3) is 0 Å². The van der Waals surface area contributed by atoms with Crippen LogP contribution in [0.2, 0.25) is 0 Å². The number of carbonyl (C=O) groups excluding carboxylic acids is 1.